The molecule has 1 nitrogen and oxygen atoms in total. The van der Waals surface area contributed by atoms with Crippen molar-refractivity contribution in [3.63, 3.8) is 0 Å². The van der Waals surface area contributed by atoms with Gasteiger partial charge in [-0.05, 0) is 31.1 Å². The van der Waals surface area contributed by atoms with Gasteiger partial charge in [0.2, 0.25) is 0 Å². The lowest BCUT2D eigenvalue weighted by molar-refractivity contribution is -0.127. The Kier molecular flexibility index (Phi) is 4.51. The van der Waals surface area contributed by atoms with Crippen molar-refractivity contribution in [2.24, 2.45) is 11.8 Å². The minimum Gasteiger partial charge on any atom is -0.308 e. The van der Waals surface area contributed by atoms with Gasteiger partial charge in [-0.1, -0.05) is 25.7 Å². The van der Waals surface area contributed by atoms with Crippen molar-refractivity contribution < 1.29 is 17.6 Å². The maximum Gasteiger partial charge on any atom is 0.319 e. The summed E-state index contributed by atoms with van der Waals surface area (Å²) >= 11 is 0. The van der Waals surface area contributed by atoms with Crippen LogP contribution in [0.2, 0.25) is 0 Å². The molecule has 2 fully saturated rings. The highest BCUT2D eigenvalue weighted by Gasteiger charge is 2.41. The molecule has 0 saturated heterocycles. The highest BCUT2D eigenvalue weighted by Crippen LogP contribution is 2.40. The molecule has 0 amide bonds. The lowest BCUT2D eigenvalue weighted by Gasteiger charge is -2.40. The standard InChI is InChI=1S/C13H21F4N/c14-12(15)13(16,17)8-18-11-6-5-9-3-1-2-4-10(9)7-11/h9-12,18H,1-8H2. The number of rotatable bonds is 4. The molecule has 2 aliphatic carbocycles. The van der Waals surface area contributed by atoms with Gasteiger partial charge in [-0.2, -0.15) is 8.78 Å². The van der Waals surface area contributed by atoms with E-state index in [1.807, 2.05) is 0 Å². The SMILES string of the molecule is FC(F)C(F)(F)CNC1CCC2CCCCC2C1. The van der Waals surface area contributed by atoms with Gasteiger partial charge in [-0.15, -0.1) is 0 Å². The molecule has 2 rings (SSSR count). The van der Waals surface area contributed by atoms with Crippen molar-refractivity contribution in [1.29, 1.82) is 0 Å². The summed E-state index contributed by atoms with van der Waals surface area (Å²) < 4.78 is 49.7. The smallest absolute Gasteiger partial charge is 0.308 e. The van der Waals surface area contributed by atoms with E-state index < -0.39 is 18.9 Å². The van der Waals surface area contributed by atoms with Crippen LogP contribution in [0.3, 0.4) is 0 Å². The molecule has 0 aliphatic heterocycles. The molecule has 18 heavy (non-hydrogen) atoms. The van der Waals surface area contributed by atoms with Gasteiger partial charge < -0.3 is 5.32 Å². The molecule has 3 unspecified atom stereocenters. The van der Waals surface area contributed by atoms with Gasteiger partial charge in [0.15, 0.2) is 0 Å². The van der Waals surface area contributed by atoms with E-state index in [0.29, 0.717) is 5.92 Å². The number of hydrogen-bond acceptors (Lipinski definition) is 1. The van der Waals surface area contributed by atoms with Crippen molar-refractivity contribution in [2.45, 2.75) is 63.3 Å². The highest BCUT2D eigenvalue weighted by molar-refractivity contribution is 4.87. The number of fused-ring (bicyclic) bond motifs is 1. The van der Waals surface area contributed by atoms with Gasteiger partial charge in [0, 0.05) is 6.04 Å². The largest absolute Gasteiger partial charge is 0.319 e. The molecule has 0 aromatic rings. The van der Waals surface area contributed by atoms with E-state index in [4.69, 9.17) is 0 Å². The Hall–Kier alpha value is -0.320. The Morgan fingerprint density at radius 2 is 1.67 bits per heavy atom. The molecule has 0 aromatic carbocycles. The fourth-order valence-corrected chi connectivity index (χ4v) is 3.42. The minimum absolute atomic E-state index is 0.00558. The van der Waals surface area contributed by atoms with Gasteiger partial charge in [-0.25, -0.2) is 8.78 Å². The molecule has 0 radical (unpaired) electrons. The van der Waals surface area contributed by atoms with E-state index in [-0.39, 0.29) is 6.04 Å². The van der Waals surface area contributed by atoms with Crippen molar-refractivity contribution in [3.05, 3.63) is 0 Å². The van der Waals surface area contributed by atoms with E-state index >= 15 is 0 Å². The molecule has 0 heterocycles. The predicted octanol–water partition coefficient (Wildman–Crippen LogP) is 3.84. The van der Waals surface area contributed by atoms with Crippen molar-refractivity contribution in [2.75, 3.05) is 6.54 Å². The fourth-order valence-electron chi connectivity index (χ4n) is 3.42. The summed E-state index contributed by atoms with van der Waals surface area (Å²) in [5.41, 5.74) is 0. The first-order chi connectivity index (χ1) is 8.49. The topological polar surface area (TPSA) is 12.0 Å². The van der Waals surface area contributed by atoms with Crippen molar-refractivity contribution in [3.8, 4) is 0 Å². The maximum atomic E-state index is 12.8. The Balaban J connectivity index is 1.78. The van der Waals surface area contributed by atoms with Crippen molar-refractivity contribution >= 4 is 0 Å². The van der Waals surface area contributed by atoms with Gasteiger partial charge in [0.25, 0.3) is 0 Å². The van der Waals surface area contributed by atoms with Crippen LogP contribution >= 0.6 is 0 Å². The van der Waals surface area contributed by atoms with Crippen LogP contribution in [0.5, 0.6) is 0 Å². The summed E-state index contributed by atoms with van der Waals surface area (Å²) in [5, 5.41) is 2.65. The first-order valence-electron chi connectivity index (χ1n) is 6.88. The molecule has 1 N–H and O–H groups in total. The van der Waals surface area contributed by atoms with Crippen LogP contribution in [0.1, 0.15) is 44.9 Å². The van der Waals surface area contributed by atoms with Crippen LogP contribution in [0.4, 0.5) is 17.6 Å². The van der Waals surface area contributed by atoms with Crippen LogP contribution in [-0.4, -0.2) is 24.9 Å². The monoisotopic (exact) mass is 267 g/mol. The quantitative estimate of drug-likeness (QED) is 0.763. The Bertz CT molecular complexity index is 270. The van der Waals surface area contributed by atoms with Crippen LogP contribution in [0.15, 0.2) is 0 Å². The summed E-state index contributed by atoms with van der Waals surface area (Å²) in [6.07, 6.45) is 4.14. The first kappa shape index (κ1) is 14.1. The molecular weight excluding hydrogens is 246 g/mol. The summed E-state index contributed by atoms with van der Waals surface area (Å²) in [5.74, 6) is -2.54. The van der Waals surface area contributed by atoms with Crippen LogP contribution < -0.4 is 5.32 Å². The van der Waals surface area contributed by atoms with Gasteiger partial charge >= 0.3 is 12.3 Å². The molecule has 3 atom stereocenters. The number of halogens is 4. The Labute approximate surface area is 105 Å². The third-order valence-corrected chi connectivity index (χ3v) is 4.49. The maximum absolute atomic E-state index is 12.8. The van der Waals surface area contributed by atoms with E-state index in [2.05, 4.69) is 5.32 Å². The fraction of sp³-hybridized carbons (Fsp3) is 1.00. The first-order valence-corrected chi connectivity index (χ1v) is 6.88. The van der Waals surface area contributed by atoms with E-state index in [0.717, 1.165) is 25.2 Å². The summed E-state index contributed by atoms with van der Waals surface area (Å²) in [6.45, 7) is -0.896. The molecule has 2 aliphatic rings. The average molecular weight is 267 g/mol. The molecule has 0 aromatic heterocycles. The van der Waals surface area contributed by atoms with Crippen molar-refractivity contribution in [1.82, 2.24) is 5.32 Å². The van der Waals surface area contributed by atoms with Gasteiger partial charge in [-0.3, -0.25) is 0 Å². The zero-order valence-electron chi connectivity index (χ0n) is 10.5. The second kappa shape index (κ2) is 5.76. The van der Waals surface area contributed by atoms with Gasteiger partial charge in [0.05, 0.1) is 6.54 Å². The number of hydrogen-bond donors (Lipinski definition) is 1. The molecular formula is C13H21F4N. The van der Waals surface area contributed by atoms with E-state index in [1.165, 1.54) is 25.7 Å². The predicted molar refractivity (Wildman–Crippen MR) is 62.0 cm³/mol. The van der Waals surface area contributed by atoms with Gasteiger partial charge in [0.1, 0.15) is 0 Å². The van der Waals surface area contributed by atoms with Crippen LogP contribution in [-0.2, 0) is 0 Å². The van der Waals surface area contributed by atoms with Crippen LogP contribution in [0, 0.1) is 11.8 Å². The molecule has 2 saturated carbocycles. The second-order valence-corrected chi connectivity index (χ2v) is 5.76. The lowest BCUT2D eigenvalue weighted by atomic mass is 9.69. The Morgan fingerprint density at radius 3 is 2.33 bits per heavy atom. The summed E-state index contributed by atoms with van der Waals surface area (Å²) in [6, 6.07) is -0.00558. The Morgan fingerprint density at radius 1 is 1.00 bits per heavy atom. The lowest BCUT2D eigenvalue weighted by Crippen LogP contribution is -2.46. The molecule has 0 spiro atoms. The van der Waals surface area contributed by atoms with E-state index in [9.17, 15) is 17.6 Å². The normalized spacial score (nSPS) is 33.5. The third-order valence-electron chi connectivity index (χ3n) is 4.49. The molecule has 5 heteroatoms. The van der Waals surface area contributed by atoms with E-state index in [1.54, 1.807) is 0 Å². The number of nitrogens with one attached hydrogen (secondary N) is 1. The number of alkyl halides is 4. The third kappa shape index (κ3) is 3.37. The molecule has 106 valence electrons. The zero-order valence-corrected chi connectivity index (χ0v) is 10.5. The summed E-state index contributed by atoms with van der Waals surface area (Å²) in [7, 11) is 0. The molecule has 0 bridgehead atoms. The highest BCUT2D eigenvalue weighted by atomic mass is 19.3. The minimum atomic E-state index is -3.90. The summed E-state index contributed by atoms with van der Waals surface area (Å²) in [4.78, 5) is 0. The zero-order chi connectivity index (χ0) is 13.2. The average Bonchev–Trinajstić information content (AvgIpc) is 2.36. The second-order valence-electron chi connectivity index (χ2n) is 5.76. The van der Waals surface area contributed by atoms with Crippen LogP contribution in [0.25, 0.3) is 0 Å².